The van der Waals surface area contributed by atoms with Crippen molar-refractivity contribution in [3.05, 3.63) is 0 Å². The van der Waals surface area contributed by atoms with Crippen LogP contribution in [-0.4, -0.2) is 93.8 Å². The van der Waals surface area contributed by atoms with Gasteiger partial charge in [-0.2, -0.15) is 0 Å². The lowest BCUT2D eigenvalue weighted by atomic mass is 9.92. The third-order valence-corrected chi connectivity index (χ3v) is 18.1. The summed E-state index contributed by atoms with van der Waals surface area (Å²) >= 11 is 4.36. The molecule has 81 heavy (non-hydrogen) atoms. The second-order valence-corrected chi connectivity index (χ2v) is 26.9. The van der Waals surface area contributed by atoms with Crippen LogP contribution in [0.25, 0.3) is 0 Å². The molecule has 0 aromatic heterocycles. The van der Waals surface area contributed by atoms with Gasteiger partial charge in [-0.1, -0.05) is 280 Å². The highest BCUT2D eigenvalue weighted by atomic mass is 32.2. The van der Waals surface area contributed by atoms with Crippen molar-refractivity contribution in [2.45, 2.75) is 310 Å². The van der Waals surface area contributed by atoms with Gasteiger partial charge in [-0.3, -0.25) is 38.4 Å². The molecule has 0 saturated carbocycles. The number of unbranched alkanes of at least 4 members (excludes halogenated alkanes) is 32. The van der Waals surface area contributed by atoms with Gasteiger partial charge in [0.25, 0.3) is 0 Å². The van der Waals surface area contributed by atoms with Crippen LogP contribution in [0.4, 0.5) is 0 Å². The minimum Gasteiger partial charge on any atom is -0.465 e. The molecule has 0 amide bonds. The SMILES string of the molecule is CCCCCCCCCCCC(=O)SCCC(=O)OCC(COC(=O)CCSC(=O)CCCCCCCCCCC)(COC(=O)CCSC(=O)CCCCCCCCCCC)COC(=O)CCSC(=O)CCCCCCCCCCC. The van der Waals surface area contributed by atoms with E-state index in [0.29, 0.717) is 25.7 Å². The molecular weight excluding hydrogens is 1100 g/mol. The Morgan fingerprint density at radius 3 is 0.568 bits per heavy atom. The van der Waals surface area contributed by atoms with E-state index in [2.05, 4.69) is 27.7 Å². The molecular formula is C65H116O12S4. The maximum Gasteiger partial charge on any atom is 0.306 e. The molecule has 0 fully saturated rings. The van der Waals surface area contributed by atoms with Gasteiger partial charge in [0, 0.05) is 48.7 Å². The van der Waals surface area contributed by atoms with Gasteiger partial charge in [0.05, 0.1) is 25.7 Å². The van der Waals surface area contributed by atoms with E-state index >= 15 is 0 Å². The van der Waals surface area contributed by atoms with Crippen molar-refractivity contribution in [3.63, 3.8) is 0 Å². The Hall–Kier alpha value is -2.04. The first-order valence-corrected chi connectivity index (χ1v) is 36.6. The predicted octanol–water partition coefficient (Wildman–Crippen LogP) is 18.4. The molecule has 0 N–H and O–H groups in total. The summed E-state index contributed by atoms with van der Waals surface area (Å²) in [5, 5.41) is 0.0589. The number of rotatable bonds is 60. The van der Waals surface area contributed by atoms with E-state index in [9.17, 15) is 38.4 Å². The van der Waals surface area contributed by atoms with Crippen LogP contribution in [0.15, 0.2) is 0 Å². The van der Waals surface area contributed by atoms with Crippen molar-refractivity contribution >= 4 is 91.4 Å². The fourth-order valence-corrected chi connectivity index (χ4v) is 12.2. The van der Waals surface area contributed by atoms with Crippen LogP contribution >= 0.6 is 47.0 Å². The molecule has 0 aromatic carbocycles. The summed E-state index contributed by atoms with van der Waals surface area (Å²) in [4.78, 5) is 104. The molecule has 0 heterocycles. The number of thioether (sulfide) groups is 4. The zero-order chi connectivity index (χ0) is 59.5. The number of hydrogen-bond donors (Lipinski definition) is 0. The van der Waals surface area contributed by atoms with Gasteiger partial charge in [-0.25, -0.2) is 0 Å². The molecule has 0 bridgehead atoms. The van der Waals surface area contributed by atoms with Crippen molar-refractivity contribution in [1.82, 2.24) is 0 Å². The third-order valence-electron chi connectivity index (χ3n) is 14.4. The largest absolute Gasteiger partial charge is 0.465 e. The minimum atomic E-state index is -1.52. The second kappa shape index (κ2) is 59.7. The quantitative estimate of drug-likeness (QED) is 0.0319. The fourth-order valence-electron chi connectivity index (χ4n) is 9.07. The normalized spacial score (nSPS) is 11.4. The Bertz CT molecular complexity index is 1370. The predicted molar refractivity (Wildman–Crippen MR) is 342 cm³/mol. The zero-order valence-electron chi connectivity index (χ0n) is 51.8. The highest BCUT2D eigenvalue weighted by molar-refractivity contribution is 8.14. The first kappa shape index (κ1) is 79.0. The molecule has 0 radical (unpaired) electrons. The smallest absolute Gasteiger partial charge is 0.306 e. The van der Waals surface area contributed by atoms with Crippen LogP contribution in [0.5, 0.6) is 0 Å². The van der Waals surface area contributed by atoms with Crippen molar-refractivity contribution in [1.29, 1.82) is 0 Å². The fraction of sp³-hybridized carbons (Fsp3) is 0.877. The molecule has 472 valence electrons. The highest BCUT2D eigenvalue weighted by Gasteiger charge is 2.38. The molecule has 12 nitrogen and oxygen atoms in total. The van der Waals surface area contributed by atoms with E-state index in [1.54, 1.807) is 0 Å². The number of ether oxygens (including phenoxy) is 4. The Morgan fingerprint density at radius 1 is 0.235 bits per heavy atom. The molecule has 0 rings (SSSR count). The van der Waals surface area contributed by atoms with Crippen LogP contribution in [0, 0.1) is 5.41 Å². The standard InChI is InChI=1S/C65H116O12S4/c1-5-9-13-17-21-25-29-33-37-41-61(70)78-49-45-57(66)74-53-65(54-75-58(67)46-50-79-62(71)42-38-34-30-26-22-18-14-10-6-2,55-76-59(68)47-51-80-63(72)43-39-35-31-27-23-19-15-11-7-3)56-77-60(69)48-52-81-64(73)44-40-36-32-28-24-20-16-12-8-4/h5-56H2,1-4H3. The Balaban J connectivity index is 5.75. The summed E-state index contributed by atoms with van der Waals surface area (Å²) in [7, 11) is 0. The summed E-state index contributed by atoms with van der Waals surface area (Å²) < 4.78 is 23.0. The van der Waals surface area contributed by atoms with Gasteiger partial charge < -0.3 is 18.9 Å². The molecule has 0 unspecified atom stereocenters. The lowest BCUT2D eigenvalue weighted by molar-refractivity contribution is -0.170. The van der Waals surface area contributed by atoms with E-state index in [-0.39, 0.29) is 69.2 Å². The van der Waals surface area contributed by atoms with Gasteiger partial charge in [0.1, 0.15) is 31.8 Å². The number of carbonyl (C=O) groups is 8. The number of hydrogen-bond acceptors (Lipinski definition) is 16. The monoisotopic (exact) mass is 1220 g/mol. The Kier molecular flexibility index (Phi) is 58.2. The van der Waals surface area contributed by atoms with Crippen LogP contribution in [0.3, 0.4) is 0 Å². The maximum atomic E-state index is 13.3. The van der Waals surface area contributed by atoms with Crippen molar-refractivity contribution in [2.75, 3.05) is 49.4 Å². The Morgan fingerprint density at radius 2 is 0.395 bits per heavy atom. The summed E-state index contributed by atoms with van der Waals surface area (Å²) in [5.41, 5.74) is -1.52. The van der Waals surface area contributed by atoms with Crippen molar-refractivity contribution in [2.24, 2.45) is 5.41 Å². The summed E-state index contributed by atoms with van der Waals surface area (Å²) in [5.74, 6) is -1.67. The minimum absolute atomic E-state index is 0.0147. The third kappa shape index (κ3) is 55.6. The lowest BCUT2D eigenvalue weighted by Crippen LogP contribution is -2.44. The first-order valence-electron chi connectivity index (χ1n) is 32.6. The molecule has 0 aliphatic rings. The topological polar surface area (TPSA) is 173 Å². The van der Waals surface area contributed by atoms with Gasteiger partial charge in [0.15, 0.2) is 20.5 Å². The zero-order valence-corrected chi connectivity index (χ0v) is 55.1. The first-order chi connectivity index (χ1) is 39.4. The molecule has 0 aliphatic carbocycles. The van der Waals surface area contributed by atoms with Gasteiger partial charge in [-0.05, 0) is 25.7 Å². The van der Waals surface area contributed by atoms with Gasteiger partial charge in [-0.15, -0.1) is 0 Å². The second-order valence-electron chi connectivity index (χ2n) is 22.3. The molecule has 0 saturated heterocycles. The molecule has 0 atom stereocenters. The van der Waals surface area contributed by atoms with Gasteiger partial charge in [0.2, 0.25) is 0 Å². The molecule has 0 spiro atoms. The summed E-state index contributed by atoms with van der Waals surface area (Å²) in [6.07, 6.45) is 42.8. The van der Waals surface area contributed by atoms with Crippen LogP contribution < -0.4 is 0 Å². The van der Waals surface area contributed by atoms with Gasteiger partial charge >= 0.3 is 23.9 Å². The lowest BCUT2D eigenvalue weighted by Gasteiger charge is -2.31. The summed E-state index contributed by atoms with van der Waals surface area (Å²) in [6.45, 7) is 7.06. The van der Waals surface area contributed by atoms with E-state index < -0.39 is 55.7 Å². The van der Waals surface area contributed by atoms with Crippen LogP contribution in [0.2, 0.25) is 0 Å². The highest BCUT2D eigenvalue weighted by Crippen LogP contribution is 2.25. The molecule has 16 heteroatoms. The van der Waals surface area contributed by atoms with E-state index in [0.717, 1.165) is 124 Å². The summed E-state index contributed by atoms with van der Waals surface area (Å²) in [6, 6.07) is 0. The average Bonchev–Trinajstić information content (AvgIpc) is 3.45. The maximum absolute atomic E-state index is 13.3. The van der Waals surface area contributed by atoms with E-state index in [1.165, 1.54) is 154 Å². The van der Waals surface area contributed by atoms with Crippen molar-refractivity contribution in [3.8, 4) is 0 Å². The van der Waals surface area contributed by atoms with Crippen LogP contribution in [-0.2, 0) is 57.3 Å². The van der Waals surface area contributed by atoms with Crippen molar-refractivity contribution < 1.29 is 57.3 Å². The Labute approximate surface area is 510 Å². The average molecular weight is 1220 g/mol. The van der Waals surface area contributed by atoms with E-state index in [1.807, 2.05) is 0 Å². The van der Waals surface area contributed by atoms with Crippen LogP contribution in [0.1, 0.15) is 310 Å². The van der Waals surface area contributed by atoms with E-state index in [4.69, 9.17) is 18.9 Å². The molecule has 0 aliphatic heterocycles. The number of carbonyl (C=O) groups excluding carboxylic acids is 8. The molecule has 0 aromatic rings. The number of esters is 4.